The molecular formula is C9H12N2O2S. The lowest BCUT2D eigenvalue weighted by Gasteiger charge is -2.12. The van der Waals surface area contributed by atoms with Gasteiger partial charge in [0.05, 0.1) is 5.69 Å². The number of aromatic carboxylic acids is 1. The Balaban J connectivity index is 2.63. The molecule has 2 rings (SSSR count). The molecule has 0 unspecified atom stereocenters. The molecule has 1 aromatic rings. The van der Waals surface area contributed by atoms with Crippen LogP contribution in [0.1, 0.15) is 21.7 Å². The number of carboxylic acids is 1. The number of carboxylic acid groups (broad SMARTS) is 1. The average Bonchev–Trinajstić information content (AvgIpc) is 2.41. The van der Waals surface area contributed by atoms with Gasteiger partial charge in [-0.1, -0.05) is 0 Å². The van der Waals surface area contributed by atoms with E-state index < -0.39 is 5.97 Å². The minimum absolute atomic E-state index is 0.234. The summed E-state index contributed by atoms with van der Waals surface area (Å²) in [5, 5.41) is 8.99. The van der Waals surface area contributed by atoms with Gasteiger partial charge in [0.15, 0.2) is 5.69 Å². The molecule has 2 heterocycles. The zero-order chi connectivity index (χ0) is 10.3. The van der Waals surface area contributed by atoms with E-state index in [1.807, 2.05) is 0 Å². The number of carbonyl (C=O) groups is 1. The van der Waals surface area contributed by atoms with E-state index in [9.17, 15) is 4.79 Å². The Hall–Kier alpha value is -1.10. The highest BCUT2D eigenvalue weighted by Gasteiger charge is 2.24. The molecule has 1 aliphatic rings. The number of fused-ring (bicyclic) bond motifs is 1. The Morgan fingerprint density at radius 3 is 2.93 bits per heavy atom. The molecule has 76 valence electrons. The van der Waals surface area contributed by atoms with Crippen molar-refractivity contribution in [2.45, 2.75) is 12.2 Å². The van der Waals surface area contributed by atoms with Crippen LogP contribution in [0.5, 0.6) is 0 Å². The minimum Gasteiger partial charge on any atom is -0.477 e. The van der Waals surface area contributed by atoms with Crippen molar-refractivity contribution in [2.24, 2.45) is 7.05 Å². The molecule has 0 saturated carbocycles. The van der Waals surface area contributed by atoms with Gasteiger partial charge in [0.1, 0.15) is 0 Å². The molecule has 0 fully saturated rings. The molecule has 3 N–H and O–H groups in total. The quantitative estimate of drug-likeness (QED) is 0.731. The van der Waals surface area contributed by atoms with Crippen LogP contribution < -0.4 is 5.73 Å². The fraction of sp³-hybridized carbons (Fsp3) is 0.444. The van der Waals surface area contributed by atoms with Crippen LogP contribution >= 0.6 is 11.8 Å². The van der Waals surface area contributed by atoms with Gasteiger partial charge in [0.25, 0.3) is 0 Å². The van der Waals surface area contributed by atoms with E-state index in [1.54, 1.807) is 23.4 Å². The minimum atomic E-state index is -0.940. The summed E-state index contributed by atoms with van der Waals surface area (Å²) >= 11 is 1.80. The Morgan fingerprint density at radius 2 is 2.36 bits per heavy atom. The molecule has 0 aliphatic carbocycles. The summed E-state index contributed by atoms with van der Waals surface area (Å²) in [5.41, 5.74) is 8.59. The molecule has 0 saturated heterocycles. The van der Waals surface area contributed by atoms with Crippen LogP contribution in [0.15, 0.2) is 0 Å². The lowest BCUT2D eigenvalue weighted by atomic mass is 10.2. The van der Waals surface area contributed by atoms with E-state index in [2.05, 4.69) is 0 Å². The zero-order valence-corrected chi connectivity index (χ0v) is 8.73. The highest BCUT2D eigenvalue weighted by molar-refractivity contribution is 7.98. The van der Waals surface area contributed by atoms with Gasteiger partial charge >= 0.3 is 5.97 Å². The normalized spacial score (nSPS) is 15.2. The molecule has 0 spiro atoms. The maximum atomic E-state index is 11.0. The number of anilines is 1. The first-order chi connectivity index (χ1) is 6.63. The van der Waals surface area contributed by atoms with E-state index in [-0.39, 0.29) is 5.69 Å². The van der Waals surface area contributed by atoms with Crippen molar-refractivity contribution in [1.82, 2.24) is 4.57 Å². The first-order valence-corrected chi connectivity index (χ1v) is 5.55. The third-order valence-electron chi connectivity index (χ3n) is 2.60. The lowest BCUT2D eigenvalue weighted by molar-refractivity contribution is 0.0687. The number of hydrogen-bond donors (Lipinski definition) is 2. The van der Waals surface area contributed by atoms with Crippen LogP contribution in [0.25, 0.3) is 0 Å². The molecule has 1 aliphatic heterocycles. The molecule has 0 aromatic carbocycles. The number of aromatic nitrogens is 1. The van der Waals surface area contributed by atoms with Crippen molar-refractivity contribution in [3.8, 4) is 0 Å². The smallest absolute Gasteiger partial charge is 0.354 e. The Bertz CT molecular complexity index is 369. The monoisotopic (exact) mass is 212 g/mol. The second kappa shape index (κ2) is 3.24. The highest BCUT2D eigenvalue weighted by Crippen LogP contribution is 2.33. The summed E-state index contributed by atoms with van der Waals surface area (Å²) in [4.78, 5) is 11.0. The number of rotatable bonds is 1. The van der Waals surface area contributed by atoms with Crippen molar-refractivity contribution < 1.29 is 9.90 Å². The second-order valence-electron chi connectivity index (χ2n) is 3.35. The number of nitrogens with zero attached hydrogens (tertiary/aromatic N) is 1. The van der Waals surface area contributed by atoms with Gasteiger partial charge in [-0.05, 0) is 12.2 Å². The van der Waals surface area contributed by atoms with Crippen molar-refractivity contribution in [3.05, 3.63) is 17.0 Å². The topological polar surface area (TPSA) is 68.2 Å². The Kier molecular flexibility index (Phi) is 2.19. The van der Waals surface area contributed by atoms with Gasteiger partial charge in [0.2, 0.25) is 0 Å². The largest absolute Gasteiger partial charge is 0.477 e. The van der Waals surface area contributed by atoms with Crippen LogP contribution in [0, 0.1) is 0 Å². The third-order valence-corrected chi connectivity index (χ3v) is 3.59. The third kappa shape index (κ3) is 1.19. The fourth-order valence-electron chi connectivity index (χ4n) is 1.90. The molecule has 0 radical (unpaired) electrons. The number of nitrogen functional groups attached to an aromatic ring is 1. The van der Waals surface area contributed by atoms with Gasteiger partial charge in [0, 0.05) is 24.1 Å². The van der Waals surface area contributed by atoms with Crippen LogP contribution in [-0.2, 0) is 19.2 Å². The van der Waals surface area contributed by atoms with Gasteiger partial charge < -0.3 is 15.4 Å². The molecule has 14 heavy (non-hydrogen) atoms. The molecule has 0 bridgehead atoms. The molecule has 1 aromatic heterocycles. The number of hydrogen-bond acceptors (Lipinski definition) is 3. The molecule has 0 atom stereocenters. The summed E-state index contributed by atoms with van der Waals surface area (Å²) in [6.07, 6.45) is 0.911. The van der Waals surface area contributed by atoms with Gasteiger partial charge in [-0.15, -0.1) is 0 Å². The fourth-order valence-corrected chi connectivity index (χ4v) is 2.91. The first-order valence-electron chi connectivity index (χ1n) is 4.40. The van der Waals surface area contributed by atoms with Crippen molar-refractivity contribution in [1.29, 1.82) is 0 Å². The van der Waals surface area contributed by atoms with Crippen molar-refractivity contribution in [2.75, 3.05) is 11.5 Å². The summed E-state index contributed by atoms with van der Waals surface area (Å²) in [6.45, 7) is 0. The summed E-state index contributed by atoms with van der Waals surface area (Å²) in [6, 6.07) is 0. The van der Waals surface area contributed by atoms with Crippen molar-refractivity contribution in [3.63, 3.8) is 0 Å². The maximum absolute atomic E-state index is 11.0. The lowest BCUT2D eigenvalue weighted by Crippen LogP contribution is -2.09. The predicted octanol–water partition coefficient (Wildman–Crippen LogP) is 1.09. The predicted molar refractivity (Wildman–Crippen MR) is 56.7 cm³/mol. The molecule has 4 nitrogen and oxygen atoms in total. The highest BCUT2D eigenvalue weighted by atomic mass is 32.2. The second-order valence-corrected chi connectivity index (χ2v) is 4.46. The summed E-state index contributed by atoms with van der Waals surface area (Å²) in [5.74, 6) is 0.940. The van der Waals surface area contributed by atoms with E-state index >= 15 is 0 Å². The van der Waals surface area contributed by atoms with E-state index in [4.69, 9.17) is 10.8 Å². The van der Waals surface area contributed by atoms with Gasteiger partial charge in [-0.2, -0.15) is 11.8 Å². The standard InChI is InChI=1S/C9H12N2O2S/c1-11-6-2-3-14-4-5(6)7(10)8(11)9(12)13/h2-4,10H2,1H3,(H,12,13). The van der Waals surface area contributed by atoms with Gasteiger partial charge in [-0.3, -0.25) is 0 Å². The van der Waals surface area contributed by atoms with Crippen LogP contribution in [0.4, 0.5) is 5.69 Å². The van der Waals surface area contributed by atoms with Gasteiger partial charge in [-0.25, -0.2) is 4.79 Å². The van der Waals surface area contributed by atoms with Crippen molar-refractivity contribution >= 4 is 23.4 Å². The molecular weight excluding hydrogens is 200 g/mol. The van der Waals surface area contributed by atoms with Crippen LogP contribution in [0.2, 0.25) is 0 Å². The summed E-state index contributed by atoms with van der Waals surface area (Å²) < 4.78 is 1.72. The molecule has 0 amide bonds. The Labute approximate surface area is 86.1 Å². The van der Waals surface area contributed by atoms with E-state index in [0.717, 1.165) is 29.2 Å². The molecule has 5 heteroatoms. The number of thioether (sulfide) groups is 1. The zero-order valence-electron chi connectivity index (χ0n) is 7.91. The maximum Gasteiger partial charge on any atom is 0.354 e. The number of nitrogens with two attached hydrogens (primary N) is 1. The Morgan fingerprint density at radius 1 is 1.64 bits per heavy atom. The van der Waals surface area contributed by atoms with E-state index in [0.29, 0.717) is 5.69 Å². The SMILES string of the molecule is Cn1c2c(c(N)c1C(=O)O)CSCC2. The van der Waals surface area contributed by atoms with Crippen LogP contribution in [0.3, 0.4) is 0 Å². The van der Waals surface area contributed by atoms with E-state index in [1.165, 1.54) is 0 Å². The average molecular weight is 212 g/mol. The summed E-state index contributed by atoms with van der Waals surface area (Å²) in [7, 11) is 1.77. The first kappa shape index (κ1) is 9.45. The van der Waals surface area contributed by atoms with Crippen LogP contribution in [-0.4, -0.2) is 21.4 Å².